The Kier molecular flexibility index (Phi) is 2.87. The second-order valence-corrected chi connectivity index (χ2v) is 4.56. The average Bonchev–Trinajstić information content (AvgIpc) is 2.16. The molecule has 2 aromatic rings. The Balaban J connectivity index is 2.59. The number of nitrogens with zero attached hydrogens (tertiary/aromatic N) is 1. The molecule has 1 aromatic heterocycles. The minimum Gasteiger partial charge on any atom is -0.255 e. The first-order valence-electron chi connectivity index (χ1n) is 4.86. The molecule has 0 spiro atoms. The molecule has 76 valence electrons. The van der Waals surface area contributed by atoms with Gasteiger partial charge >= 0.3 is 0 Å². The summed E-state index contributed by atoms with van der Waals surface area (Å²) in [4.78, 5) is 4.38. The molecule has 0 radical (unpaired) electrons. The van der Waals surface area contributed by atoms with Crippen LogP contribution < -0.4 is 0 Å². The van der Waals surface area contributed by atoms with E-state index in [9.17, 15) is 0 Å². The summed E-state index contributed by atoms with van der Waals surface area (Å²) in [5.74, 6) is 0. The van der Waals surface area contributed by atoms with Gasteiger partial charge in [-0.1, -0.05) is 17.2 Å². The van der Waals surface area contributed by atoms with Crippen molar-refractivity contribution in [2.75, 3.05) is 0 Å². The van der Waals surface area contributed by atoms with Crippen LogP contribution in [0.25, 0.3) is 11.3 Å². The summed E-state index contributed by atoms with van der Waals surface area (Å²) in [5.41, 5.74) is 4.70. The van der Waals surface area contributed by atoms with Crippen LogP contribution in [0, 0.1) is 13.8 Å². The Labute approximate surface area is 98.3 Å². The van der Waals surface area contributed by atoms with Gasteiger partial charge in [0.1, 0.15) is 0 Å². The van der Waals surface area contributed by atoms with Crippen molar-refractivity contribution in [2.45, 2.75) is 13.8 Å². The molecule has 1 nitrogen and oxygen atoms in total. The highest BCUT2D eigenvalue weighted by atomic mass is 79.9. The zero-order valence-electron chi connectivity index (χ0n) is 8.79. The Morgan fingerprint density at radius 3 is 2.33 bits per heavy atom. The van der Waals surface area contributed by atoms with E-state index in [0.717, 1.165) is 10.2 Å². The van der Waals surface area contributed by atoms with Crippen LogP contribution in [0.4, 0.5) is 0 Å². The molecular formula is C13H12BrN. The zero-order valence-corrected chi connectivity index (χ0v) is 10.4. The fourth-order valence-electron chi connectivity index (χ4n) is 1.71. The van der Waals surface area contributed by atoms with Crippen LogP contribution >= 0.6 is 15.9 Å². The maximum atomic E-state index is 4.38. The average molecular weight is 262 g/mol. The molecule has 0 aliphatic carbocycles. The summed E-state index contributed by atoms with van der Waals surface area (Å²) >= 11 is 3.52. The van der Waals surface area contributed by atoms with Gasteiger partial charge in [-0.05, 0) is 54.0 Å². The van der Waals surface area contributed by atoms with Gasteiger partial charge in [-0.2, -0.15) is 0 Å². The Hall–Kier alpha value is -1.15. The van der Waals surface area contributed by atoms with Gasteiger partial charge in [0, 0.05) is 16.2 Å². The summed E-state index contributed by atoms with van der Waals surface area (Å²) in [6.45, 7) is 4.21. The molecule has 0 N–H and O–H groups in total. The van der Waals surface area contributed by atoms with E-state index < -0.39 is 0 Å². The summed E-state index contributed by atoms with van der Waals surface area (Å²) < 4.78 is 1.04. The number of hydrogen-bond donors (Lipinski definition) is 0. The molecule has 2 rings (SSSR count). The van der Waals surface area contributed by atoms with Crippen LogP contribution in [-0.2, 0) is 0 Å². The largest absolute Gasteiger partial charge is 0.255 e. The Bertz CT molecular complexity index is 471. The van der Waals surface area contributed by atoms with E-state index >= 15 is 0 Å². The van der Waals surface area contributed by atoms with Gasteiger partial charge in [0.2, 0.25) is 0 Å². The lowest BCUT2D eigenvalue weighted by molar-refractivity contribution is 1.29. The minimum atomic E-state index is 1.00. The van der Waals surface area contributed by atoms with Crippen LogP contribution in [0.2, 0.25) is 0 Å². The van der Waals surface area contributed by atoms with E-state index in [4.69, 9.17) is 0 Å². The molecule has 0 atom stereocenters. The third-order valence-electron chi connectivity index (χ3n) is 2.25. The number of pyridine rings is 1. The van der Waals surface area contributed by atoms with Crippen molar-refractivity contribution < 1.29 is 0 Å². The second-order valence-electron chi connectivity index (χ2n) is 3.71. The second kappa shape index (κ2) is 4.15. The number of rotatable bonds is 1. The van der Waals surface area contributed by atoms with Gasteiger partial charge in [-0.3, -0.25) is 4.98 Å². The summed E-state index contributed by atoms with van der Waals surface area (Å²) in [5, 5.41) is 0. The summed E-state index contributed by atoms with van der Waals surface area (Å²) in [6, 6.07) is 10.4. The van der Waals surface area contributed by atoms with Crippen LogP contribution in [0.15, 0.2) is 41.0 Å². The summed E-state index contributed by atoms with van der Waals surface area (Å²) in [6.07, 6.45) is 1.82. The maximum Gasteiger partial charge on any atom is 0.0844 e. The van der Waals surface area contributed by atoms with Crippen LogP contribution in [-0.4, -0.2) is 4.98 Å². The first kappa shape index (κ1) is 10.4. The molecule has 0 bridgehead atoms. The fraction of sp³-hybridized carbons (Fsp3) is 0.154. The van der Waals surface area contributed by atoms with Crippen LogP contribution in [0.1, 0.15) is 11.1 Å². The molecule has 0 saturated carbocycles. The molecule has 2 heteroatoms. The summed E-state index contributed by atoms with van der Waals surface area (Å²) in [7, 11) is 0. The van der Waals surface area contributed by atoms with Gasteiger partial charge in [-0.15, -0.1) is 0 Å². The van der Waals surface area contributed by atoms with Gasteiger partial charge < -0.3 is 0 Å². The van der Waals surface area contributed by atoms with Crippen molar-refractivity contribution in [3.63, 3.8) is 0 Å². The SMILES string of the molecule is Cc1cc(C)cc(-c2ncccc2Br)c1. The molecule has 0 fully saturated rings. The van der Waals surface area contributed by atoms with E-state index in [-0.39, 0.29) is 0 Å². The molecular weight excluding hydrogens is 250 g/mol. The third-order valence-corrected chi connectivity index (χ3v) is 2.89. The van der Waals surface area contributed by atoms with Gasteiger partial charge in [-0.25, -0.2) is 0 Å². The Morgan fingerprint density at radius 2 is 1.73 bits per heavy atom. The van der Waals surface area contributed by atoms with Crippen LogP contribution in [0.3, 0.4) is 0 Å². The van der Waals surface area contributed by atoms with E-state index in [1.54, 1.807) is 0 Å². The number of aromatic nitrogens is 1. The molecule has 1 heterocycles. The van der Waals surface area contributed by atoms with E-state index in [2.05, 4.69) is 53.0 Å². The number of halogens is 1. The molecule has 1 aromatic carbocycles. The Morgan fingerprint density at radius 1 is 1.07 bits per heavy atom. The highest BCUT2D eigenvalue weighted by Gasteiger charge is 2.04. The van der Waals surface area contributed by atoms with E-state index in [0.29, 0.717) is 0 Å². The van der Waals surface area contributed by atoms with Gasteiger partial charge in [0.15, 0.2) is 0 Å². The third kappa shape index (κ3) is 2.26. The smallest absolute Gasteiger partial charge is 0.0844 e. The van der Waals surface area contributed by atoms with Crippen molar-refractivity contribution in [1.82, 2.24) is 4.98 Å². The first-order chi connectivity index (χ1) is 7.16. The topological polar surface area (TPSA) is 12.9 Å². The standard InChI is InChI=1S/C13H12BrN/c1-9-6-10(2)8-11(7-9)13-12(14)4-3-5-15-13/h3-8H,1-2H3. The quantitative estimate of drug-likeness (QED) is 0.753. The lowest BCUT2D eigenvalue weighted by Gasteiger charge is -2.05. The number of hydrogen-bond acceptors (Lipinski definition) is 1. The van der Waals surface area contributed by atoms with E-state index in [1.807, 2.05) is 18.3 Å². The molecule has 0 amide bonds. The first-order valence-corrected chi connectivity index (χ1v) is 5.65. The lowest BCUT2D eigenvalue weighted by Crippen LogP contribution is -1.87. The maximum absolute atomic E-state index is 4.38. The predicted octanol–water partition coefficient (Wildman–Crippen LogP) is 4.13. The highest BCUT2D eigenvalue weighted by molar-refractivity contribution is 9.10. The number of aryl methyl sites for hydroxylation is 2. The van der Waals surface area contributed by atoms with E-state index in [1.165, 1.54) is 16.7 Å². The van der Waals surface area contributed by atoms with Crippen molar-refractivity contribution >= 4 is 15.9 Å². The van der Waals surface area contributed by atoms with Crippen molar-refractivity contribution in [3.05, 3.63) is 52.1 Å². The monoisotopic (exact) mass is 261 g/mol. The molecule has 0 aliphatic rings. The lowest BCUT2D eigenvalue weighted by atomic mass is 10.0. The fourth-order valence-corrected chi connectivity index (χ4v) is 2.19. The number of benzene rings is 1. The van der Waals surface area contributed by atoms with Gasteiger partial charge in [0.25, 0.3) is 0 Å². The molecule has 15 heavy (non-hydrogen) atoms. The van der Waals surface area contributed by atoms with Crippen molar-refractivity contribution in [2.24, 2.45) is 0 Å². The normalized spacial score (nSPS) is 10.3. The zero-order chi connectivity index (χ0) is 10.8. The molecule has 0 saturated heterocycles. The van der Waals surface area contributed by atoms with Crippen LogP contribution in [0.5, 0.6) is 0 Å². The van der Waals surface area contributed by atoms with Gasteiger partial charge in [0.05, 0.1) is 5.69 Å². The van der Waals surface area contributed by atoms with Crippen molar-refractivity contribution in [1.29, 1.82) is 0 Å². The van der Waals surface area contributed by atoms with Crippen molar-refractivity contribution in [3.8, 4) is 11.3 Å². The minimum absolute atomic E-state index is 1.00. The highest BCUT2D eigenvalue weighted by Crippen LogP contribution is 2.26. The molecule has 0 unspecified atom stereocenters. The molecule has 0 aliphatic heterocycles. The predicted molar refractivity (Wildman–Crippen MR) is 66.8 cm³/mol.